The highest BCUT2D eigenvalue weighted by Crippen LogP contribution is 2.32. The molecule has 2 aromatic carbocycles. The molecular formula is C15H13FN2O. The molecule has 0 aliphatic carbocycles. The zero-order valence-corrected chi connectivity index (χ0v) is 10.7. The molecule has 0 radical (unpaired) electrons. The molecule has 0 amide bonds. The third-order valence-corrected chi connectivity index (χ3v) is 2.91. The summed E-state index contributed by atoms with van der Waals surface area (Å²) < 4.78 is 18.9. The van der Waals surface area contributed by atoms with Crippen molar-refractivity contribution in [3.05, 3.63) is 53.8 Å². The maximum absolute atomic E-state index is 13.6. The molecule has 0 aliphatic rings. The van der Waals surface area contributed by atoms with Gasteiger partial charge in [0, 0.05) is 12.7 Å². The lowest BCUT2D eigenvalue weighted by atomic mass is 10.2. The van der Waals surface area contributed by atoms with Gasteiger partial charge in [-0.05, 0) is 30.3 Å². The molecule has 96 valence electrons. The number of hydrogen-bond acceptors (Lipinski definition) is 3. The minimum absolute atomic E-state index is 0.0391. The zero-order valence-electron chi connectivity index (χ0n) is 10.7. The summed E-state index contributed by atoms with van der Waals surface area (Å²) in [6.45, 7) is 0. The van der Waals surface area contributed by atoms with Gasteiger partial charge >= 0.3 is 0 Å². The smallest absolute Gasteiger partial charge is 0.143 e. The fourth-order valence-corrected chi connectivity index (χ4v) is 1.85. The van der Waals surface area contributed by atoms with Crippen LogP contribution in [0.25, 0.3) is 0 Å². The van der Waals surface area contributed by atoms with Crippen LogP contribution in [0.4, 0.5) is 15.8 Å². The Morgan fingerprint density at radius 2 is 1.95 bits per heavy atom. The average Bonchev–Trinajstić information content (AvgIpc) is 2.46. The van der Waals surface area contributed by atoms with Crippen molar-refractivity contribution in [3.8, 4) is 11.8 Å². The summed E-state index contributed by atoms with van der Waals surface area (Å²) in [5.41, 5.74) is 1.52. The van der Waals surface area contributed by atoms with E-state index in [1.807, 2.05) is 36.2 Å². The SMILES string of the molecule is COc1ccccc1N(C)c1ccc(C#N)c(F)c1. The van der Waals surface area contributed by atoms with E-state index in [1.54, 1.807) is 19.2 Å². The lowest BCUT2D eigenvalue weighted by Gasteiger charge is -2.21. The maximum Gasteiger partial charge on any atom is 0.143 e. The van der Waals surface area contributed by atoms with Crippen LogP contribution in [0.1, 0.15) is 5.56 Å². The van der Waals surface area contributed by atoms with Crippen LogP contribution in [0.2, 0.25) is 0 Å². The van der Waals surface area contributed by atoms with E-state index in [-0.39, 0.29) is 5.56 Å². The third kappa shape index (κ3) is 2.50. The number of halogens is 1. The van der Waals surface area contributed by atoms with Crippen LogP contribution in [0, 0.1) is 17.1 Å². The number of benzene rings is 2. The lowest BCUT2D eigenvalue weighted by Crippen LogP contribution is -2.11. The van der Waals surface area contributed by atoms with E-state index in [2.05, 4.69) is 0 Å². The summed E-state index contributed by atoms with van der Waals surface area (Å²) >= 11 is 0. The van der Waals surface area contributed by atoms with E-state index >= 15 is 0 Å². The summed E-state index contributed by atoms with van der Waals surface area (Å²) in [6, 6.07) is 13.8. The van der Waals surface area contributed by atoms with Gasteiger partial charge < -0.3 is 9.64 Å². The van der Waals surface area contributed by atoms with Gasteiger partial charge in [-0.2, -0.15) is 5.26 Å². The normalized spacial score (nSPS) is 9.79. The van der Waals surface area contributed by atoms with E-state index < -0.39 is 5.82 Å². The minimum atomic E-state index is -0.526. The van der Waals surface area contributed by atoms with Gasteiger partial charge in [-0.3, -0.25) is 0 Å². The molecule has 0 N–H and O–H groups in total. The molecule has 0 heterocycles. The monoisotopic (exact) mass is 256 g/mol. The van der Waals surface area contributed by atoms with Gasteiger partial charge in [0.1, 0.15) is 17.6 Å². The second kappa shape index (κ2) is 5.40. The summed E-state index contributed by atoms with van der Waals surface area (Å²) in [4.78, 5) is 1.81. The topological polar surface area (TPSA) is 36.3 Å². The lowest BCUT2D eigenvalue weighted by molar-refractivity contribution is 0.415. The Balaban J connectivity index is 2.42. The zero-order chi connectivity index (χ0) is 13.8. The maximum atomic E-state index is 13.6. The molecule has 19 heavy (non-hydrogen) atoms. The van der Waals surface area contributed by atoms with E-state index in [0.717, 1.165) is 5.69 Å². The van der Waals surface area contributed by atoms with Crippen LogP contribution in [0.15, 0.2) is 42.5 Å². The number of para-hydroxylation sites is 2. The van der Waals surface area contributed by atoms with Crippen LogP contribution in [0.5, 0.6) is 5.75 Å². The van der Waals surface area contributed by atoms with Gasteiger partial charge in [0.2, 0.25) is 0 Å². The van der Waals surface area contributed by atoms with Gasteiger partial charge in [-0.25, -0.2) is 4.39 Å². The largest absolute Gasteiger partial charge is 0.495 e. The van der Waals surface area contributed by atoms with E-state index in [1.165, 1.54) is 12.1 Å². The van der Waals surface area contributed by atoms with Gasteiger partial charge in [0.15, 0.2) is 0 Å². The molecule has 2 rings (SSSR count). The van der Waals surface area contributed by atoms with Crippen LogP contribution in [-0.4, -0.2) is 14.2 Å². The predicted octanol–water partition coefficient (Wildman–Crippen LogP) is 3.47. The Hall–Kier alpha value is -2.54. The Morgan fingerprint density at radius 3 is 2.58 bits per heavy atom. The number of nitrogens with zero attached hydrogens (tertiary/aromatic N) is 2. The number of anilines is 2. The van der Waals surface area contributed by atoms with Gasteiger partial charge in [-0.15, -0.1) is 0 Å². The van der Waals surface area contributed by atoms with Crippen molar-refractivity contribution in [1.29, 1.82) is 5.26 Å². The quantitative estimate of drug-likeness (QED) is 0.843. The number of nitriles is 1. The standard InChI is InChI=1S/C15H13FN2O/c1-18(14-5-3-4-6-15(14)19-2)12-8-7-11(10-17)13(16)9-12/h3-9H,1-2H3. The minimum Gasteiger partial charge on any atom is -0.495 e. The first-order valence-electron chi connectivity index (χ1n) is 5.73. The molecule has 0 saturated carbocycles. The van der Waals surface area contributed by atoms with Crippen molar-refractivity contribution >= 4 is 11.4 Å². The number of rotatable bonds is 3. The molecule has 0 atom stereocenters. The van der Waals surface area contributed by atoms with Crippen LogP contribution >= 0.6 is 0 Å². The summed E-state index contributed by atoms with van der Waals surface area (Å²) in [5, 5.41) is 8.72. The Morgan fingerprint density at radius 1 is 1.21 bits per heavy atom. The van der Waals surface area contributed by atoms with Gasteiger partial charge in [-0.1, -0.05) is 12.1 Å². The summed E-state index contributed by atoms with van der Waals surface area (Å²) in [6.07, 6.45) is 0. The fraction of sp³-hybridized carbons (Fsp3) is 0.133. The van der Waals surface area contributed by atoms with Crippen molar-refractivity contribution in [2.24, 2.45) is 0 Å². The van der Waals surface area contributed by atoms with Crippen LogP contribution in [-0.2, 0) is 0 Å². The molecule has 0 unspecified atom stereocenters. The molecular weight excluding hydrogens is 243 g/mol. The van der Waals surface area contributed by atoms with Crippen LogP contribution in [0.3, 0.4) is 0 Å². The highest BCUT2D eigenvalue weighted by molar-refractivity contribution is 5.69. The average molecular weight is 256 g/mol. The first-order chi connectivity index (χ1) is 9.17. The molecule has 3 nitrogen and oxygen atoms in total. The Labute approximate surface area is 111 Å². The Kier molecular flexibility index (Phi) is 3.67. The van der Waals surface area contributed by atoms with Crippen molar-refractivity contribution in [3.63, 3.8) is 0 Å². The second-order valence-electron chi connectivity index (χ2n) is 4.01. The van der Waals surface area contributed by atoms with Crippen LogP contribution < -0.4 is 9.64 Å². The molecule has 0 bridgehead atoms. The highest BCUT2D eigenvalue weighted by Gasteiger charge is 2.11. The van der Waals surface area contributed by atoms with Gasteiger partial charge in [0.25, 0.3) is 0 Å². The Bertz CT molecular complexity index is 634. The summed E-state index contributed by atoms with van der Waals surface area (Å²) in [7, 11) is 3.41. The molecule has 0 fully saturated rings. The molecule has 0 saturated heterocycles. The van der Waals surface area contributed by atoms with E-state index in [4.69, 9.17) is 10.00 Å². The molecule has 0 aromatic heterocycles. The summed E-state index contributed by atoms with van der Waals surface area (Å²) in [5.74, 6) is 0.177. The molecule has 0 spiro atoms. The first kappa shape index (κ1) is 12.9. The second-order valence-corrected chi connectivity index (χ2v) is 4.01. The fourth-order valence-electron chi connectivity index (χ4n) is 1.85. The van der Waals surface area contributed by atoms with E-state index in [9.17, 15) is 4.39 Å². The number of hydrogen-bond donors (Lipinski definition) is 0. The van der Waals surface area contributed by atoms with Crippen molar-refractivity contribution < 1.29 is 9.13 Å². The molecule has 4 heteroatoms. The van der Waals surface area contributed by atoms with E-state index in [0.29, 0.717) is 11.4 Å². The number of methoxy groups -OCH3 is 1. The number of ether oxygens (including phenoxy) is 1. The van der Waals surface area contributed by atoms with Crippen molar-refractivity contribution in [2.45, 2.75) is 0 Å². The molecule has 2 aromatic rings. The van der Waals surface area contributed by atoms with Crippen molar-refractivity contribution in [1.82, 2.24) is 0 Å². The molecule has 0 aliphatic heterocycles. The predicted molar refractivity (Wildman–Crippen MR) is 72.2 cm³/mol. The first-order valence-corrected chi connectivity index (χ1v) is 5.73. The highest BCUT2D eigenvalue weighted by atomic mass is 19.1. The van der Waals surface area contributed by atoms with Crippen molar-refractivity contribution in [2.75, 3.05) is 19.1 Å². The van der Waals surface area contributed by atoms with Gasteiger partial charge in [0.05, 0.1) is 18.4 Å². The third-order valence-electron chi connectivity index (χ3n) is 2.91.